The zero-order valence-corrected chi connectivity index (χ0v) is 8.87. The fourth-order valence-electron chi connectivity index (χ4n) is 1.55. The first kappa shape index (κ1) is 11.0. The lowest BCUT2D eigenvalue weighted by Gasteiger charge is -2.21. The smallest absolute Gasteiger partial charge is 0.123 e. The molecule has 1 heterocycles. The Morgan fingerprint density at radius 1 is 1.43 bits per heavy atom. The molecule has 1 aliphatic rings. The van der Waals surface area contributed by atoms with Crippen molar-refractivity contribution in [1.29, 1.82) is 0 Å². The Bertz CT molecular complexity index is 223. The molecule has 0 amide bonds. The number of aliphatic imine (C=N–C) groups is 1. The number of allylic oxidation sites excluding steroid dienone is 2. The largest absolute Gasteiger partial charge is 0.356 e. The van der Waals surface area contributed by atoms with Crippen molar-refractivity contribution in [2.45, 2.75) is 6.42 Å². The number of hydrogen-bond donors (Lipinski definition) is 1. The van der Waals surface area contributed by atoms with Crippen molar-refractivity contribution in [2.75, 3.05) is 33.2 Å². The summed E-state index contributed by atoms with van der Waals surface area (Å²) in [5.74, 6) is 1.05. The van der Waals surface area contributed by atoms with Crippen LogP contribution in [0.5, 0.6) is 0 Å². The van der Waals surface area contributed by atoms with E-state index < -0.39 is 0 Å². The first-order valence-corrected chi connectivity index (χ1v) is 5.10. The molecule has 0 saturated carbocycles. The van der Waals surface area contributed by atoms with E-state index in [9.17, 15) is 0 Å². The number of nitrogens with one attached hydrogen (secondary N) is 1. The Labute approximate surface area is 86.2 Å². The van der Waals surface area contributed by atoms with Gasteiger partial charge >= 0.3 is 0 Å². The molecule has 0 aromatic heterocycles. The molecule has 0 aromatic rings. The maximum absolute atomic E-state index is 4.27. The summed E-state index contributed by atoms with van der Waals surface area (Å²) in [6.45, 7) is 7.93. The molecule has 1 rings (SSSR count). The molecule has 3 heteroatoms. The highest BCUT2D eigenvalue weighted by Gasteiger charge is 2.09. The Kier molecular flexibility index (Phi) is 5.00. The number of rotatable bonds is 2. The van der Waals surface area contributed by atoms with Gasteiger partial charge in [0.2, 0.25) is 0 Å². The monoisotopic (exact) mass is 193 g/mol. The van der Waals surface area contributed by atoms with Crippen LogP contribution in [-0.2, 0) is 0 Å². The molecule has 0 unspecified atom stereocenters. The second kappa shape index (κ2) is 6.38. The Hall–Kier alpha value is -1.09. The molecular formula is C11H19N3. The van der Waals surface area contributed by atoms with Gasteiger partial charge in [-0.15, -0.1) is 0 Å². The molecule has 1 N–H and O–H groups in total. The third-order valence-electron chi connectivity index (χ3n) is 2.27. The summed E-state index contributed by atoms with van der Waals surface area (Å²) in [5, 5.41) is 3.37. The summed E-state index contributed by atoms with van der Waals surface area (Å²) < 4.78 is 0. The van der Waals surface area contributed by atoms with Crippen LogP contribution in [0, 0.1) is 0 Å². The van der Waals surface area contributed by atoms with Gasteiger partial charge in [-0.05, 0) is 19.0 Å². The van der Waals surface area contributed by atoms with E-state index in [-0.39, 0.29) is 0 Å². The SMILES string of the molecule is C=C/C=C\C(=NC)N1CCCNCC1. The zero-order chi connectivity index (χ0) is 10.2. The van der Waals surface area contributed by atoms with E-state index in [0.29, 0.717) is 0 Å². The summed E-state index contributed by atoms with van der Waals surface area (Å²) >= 11 is 0. The lowest BCUT2D eigenvalue weighted by atomic mass is 10.3. The summed E-state index contributed by atoms with van der Waals surface area (Å²) in [7, 11) is 1.83. The first-order valence-electron chi connectivity index (χ1n) is 5.10. The molecule has 14 heavy (non-hydrogen) atoms. The van der Waals surface area contributed by atoms with Crippen molar-refractivity contribution in [3.05, 3.63) is 24.8 Å². The predicted octanol–water partition coefficient (Wildman–Crippen LogP) is 1.05. The summed E-state index contributed by atoms with van der Waals surface area (Å²) in [6.07, 6.45) is 6.90. The van der Waals surface area contributed by atoms with Crippen molar-refractivity contribution >= 4 is 5.84 Å². The topological polar surface area (TPSA) is 27.6 Å². The second-order valence-electron chi connectivity index (χ2n) is 3.27. The molecule has 0 radical (unpaired) electrons. The highest BCUT2D eigenvalue weighted by atomic mass is 15.2. The lowest BCUT2D eigenvalue weighted by molar-refractivity contribution is 0.448. The molecule has 0 bridgehead atoms. The van der Waals surface area contributed by atoms with Crippen LogP contribution in [0.4, 0.5) is 0 Å². The fourth-order valence-corrected chi connectivity index (χ4v) is 1.55. The average Bonchev–Trinajstić information content (AvgIpc) is 2.48. The Morgan fingerprint density at radius 3 is 3.00 bits per heavy atom. The van der Waals surface area contributed by atoms with Gasteiger partial charge in [0.05, 0.1) is 0 Å². The second-order valence-corrected chi connectivity index (χ2v) is 3.27. The van der Waals surface area contributed by atoms with E-state index in [1.165, 1.54) is 6.42 Å². The molecule has 0 aromatic carbocycles. The van der Waals surface area contributed by atoms with E-state index >= 15 is 0 Å². The van der Waals surface area contributed by atoms with Gasteiger partial charge in [-0.3, -0.25) is 4.99 Å². The zero-order valence-electron chi connectivity index (χ0n) is 8.87. The minimum atomic E-state index is 1.04. The van der Waals surface area contributed by atoms with Crippen molar-refractivity contribution in [1.82, 2.24) is 10.2 Å². The molecule has 1 saturated heterocycles. The van der Waals surface area contributed by atoms with Crippen LogP contribution in [0.3, 0.4) is 0 Å². The van der Waals surface area contributed by atoms with Gasteiger partial charge in [-0.2, -0.15) is 0 Å². The highest BCUT2D eigenvalue weighted by Crippen LogP contribution is 1.99. The minimum Gasteiger partial charge on any atom is -0.356 e. The normalized spacial score (nSPS) is 19.8. The minimum absolute atomic E-state index is 1.04. The van der Waals surface area contributed by atoms with Crippen molar-refractivity contribution < 1.29 is 0 Å². The summed E-state index contributed by atoms with van der Waals surface area (Å²) in [5.41, 5.74) is 0. The lowest BCUT2D eigenvalue weighted by Crippen LogP contribution is -2.33. The van der Waals surface area contributed by atoms with Gasteiger partial charge in [0.1, 0.15) is 5.84 Å². The van der Waals surface area contributed by atoms with E-state index in [0.717, 1.165) is 32.0 Å². The van der Waals surface area contributed by atoms with Crippen molar-refractivity contribution in [3.8, 4) is 0 Å². The van der Waals surface area contributed by atoms with E-state index in [1.807, 2.05) is 19.2 Å². The Morgan fingerprint density at radius 2 is 2.29 bits per heavy atom. The first-order chi connectivity index (χ1) is 6.88. The van der Waals surface area contributed by atoms with Gasteiger partial charge in [-0.25, -0.2) is 0 Å². The molecule has 78 valence electrons. The van der Waals surface area contributed by atoms with Crippen molar-refractivity contribution in [3.63, 3.8) is 0 Å². The molecular weight excluding hydrogens is 174 g/mol. The van der Waals surface area contributed by atoms with Crippen LogP contribution in [0.25, 0.3) is 0 Å². The van der Waals surface area contributed by atoms with Gasteiger partial charge in [0.25, 0.3) is 0 Å². The van der Waals surface area contributed by atoms with Gasteiger partial charge in [0, 0.05) is 26.7 Å². The van der Waals surface area contributed by atoms with Crippen LogP contribution in [0.1, 0.15) is 6.42 Å². The van der Waals surface area contributed by atoms with E-state index in [1.54, 1.807) is 6.08 Å². The molecule has 1 aliphatic heterocycles. The van der Waals surface area contributed by atoms with Crippen LogP contribution < -0.4 is 5.32 Å². The highest BCUT2D eigenvalue weighted by molar-refractivity contribution is 5.93. The average molecular weight is 193 g/mol. The molecule has 0 atom stereocenters. The molecule has 0 aliphatic carbocycles. The van der Waals surface area contributed by atoms with E-state index in [2.05, 4.69) is 21.8 Å². The quantitative estimate of drug-likeness (QED) is 0.403. The predicted molar refractivity (Wildman–Crippen MR) is 61.8 cm³/mol. The third-order valence-corrected chi connectivity index (χ3v) is 2.27. The maximum Gasteiger partial charge on any atom is 0.123 e. The van der Waals surface area contributed by atoms with Gasteiger partial charge in [0.15, 0.2) is 0 Å². The van der Waals surface area contributed by atoms with Crippen molar-refractivity contribution in [2.24, 2.45) is 4.99 Å². The van der Waals surface area contributed by atoms with Crippen LogP contribution in [0.15, 0.2) is 29.8 Å². The fraction of sp³-hybridized carbons (Fsp3) is 0.545. The third kappa shape index (κ3) is 3.34. The summed E-state index contributed by atoms with van der Waals surface area (Å²) in [6, 6.07) is 0. The number of amidine groups is 1. The summed E-state index contributed by atoms with van der Waals surface area (Å²) in [4.78, 5) is 6.58. The van der Waals surface area contributed by atoms with E-state index in [4.69, 9.17) is 0 Å². The van der Waals surface area contributed by atoms with Crippen LogP contribution >= 0.6 is 0 Å². The molecule has 3 nitrogen and oxygen atoms in total. The van der Waals surface area contributed by atoms with Crippen LogP contribution in [-0.4, -0.2) is 44.0 Å². The van der Waals surface area contributed by atoms with Gasteiger partial charge in [-0.1, -0.05) is 18.7 Å². The maximum atomic E-state index is 4.27. The van der Waals surface area contributed by atoms with Crippen LogP contribution in [0.2, 0.25) is 0 Å². The number of hydrogen-bond acceptors (Lipinski definition) is 2. The number of nitrogens with zero attached hydrogens (tertiary/aromatic N) is 2. The molecule has 1 fully saturated rings. The van der Waals surface area contributed by atoms with Gasteiger partial charge < -0.3 is 10.2 Å². The standard InChI is InChI=1S/C11H19N3/c1-3-4-6-11(12-2)14-9-5-7-13-8-10-14/h3-4,6,13H,1,5,7-10H2,2H3/b6-4-,12-11?. The Balaban J connectivity index is 2.58. The molecule has 0 spiro atoms.